The molecule has 1 aliphatic heterocycles. The highest BCUT2D eigenvalue weighted by molar-refractivity contribution is 5.81. The summed E-state index contributed by atoms with van der Waals surface area (Å²) in [4.78, 5) is 13.3. The molecule has 2 rings (SSSR count). The molecule has 16 heavy (non-hydrogen) atoms. The van der Waals surface area contributed by atoms with E-state index in [-0.39, 0.29) is 17.6 Å². The molecular formula is C13H16FNO. The van der Waals surface area contributed by atoms with Crippen molar-refractivity contribution in [1.29, 1.82) is 0 Å². The van der Waals surface area contributed by atoms with Crippen LogP contribution < -0.4 is 4.90 Å². The molecule has 0 bridgehead atoms. The van der Waals surface area contributed by atoms with Crippen molar-refractivity contribution >= 4 is 11.5 Å². The zero-order chi connectivity index (χ0) is 11.7. The van der Waals surface area contributed by atoms with Gasteiger partial charge < -0.3 is 4.90 Å². The van der Waals surface area contributed by atoms with E-state index in [0.29, 0.717) is 25.1 Å². The number of rotatable bonds is 1. The average Bonchev–Trinajstić information content (AvgIpc) is 2.22. The van der Waals surface area contributed by atoms with E-state index in [1.165, 1.54) is 6.07 Å². The first-order chi connectivity index (χ1) is 7.58. The van der Waals surface area contributed by atoms with E-state index in [1.807, 2.05) is 24.8 Å². The van der Waals surface area contributed by atoms with Crippen LogP contribution in [0.4, 0.5) is 10.1 Å². The van der Waals surface area contributed by atoms with Crippen LogP contribution in [0.15, 0.2) is 18.2 Å². The molecule has 1 aliphatic rings. The van der Waals surface area contributed by atoms with Crippen LogP contribution in [0.3, 0.4) is 0 Å². The maximum absolute atomic E-state index is 13.7. The second-order valence-electron chi connectivity index (χ2n) is 4.49. The molecular weight excluding hydrogens is 205 g/mol. The number of carbonyl (C=O) groups is 1. The number of ketones is 1. The maximum Gasteiger partial charge on any atom is 0.146 e. The lowest BCUT2D eigenvalue weighted by Crippen LogP contribution is -2.41. The van der Waals surface area contributed by atoms with E-state index < -0.39 is 0 Å². The Kier molecular flexibility index (Phi) is 2.95. The highest BCUT2D eigenvalue weighted by Crippen LogP contribution is 2.26. The first kappa shape index (κ1) is 11.1. The highest BCUT2D eigenvalue weighted by atomic mass is 19.1. The van der Waals surface area contributed by atoms with Crippen LogP contribution in [-0.4, -0.2) is 18.4 Å². The van der Waals surface area contributed by atoms with Crippen molar-refractivity contribution in [2.24, 2.45) is 0 Å². The van der Waals surface area contributed by atoms with E-state index >= 15 is 0 Å². The lowest BCUT2D eigenvalue weighted by Gasteiger charge is -2.35. The number of Topliss-reactive ketones (excluding diaryl/α,β-unsaturated/α-hetero) is 1. The quantitative estimate of drug-likeness (QED) is 0.726. The lowest BCUT2D eigenvalue weighted by atomic mass is 10.0. The lowest BCUT2D eigenvalue weighted by molar-refractivity contribution is -0.120. The number of anilines is 1. The summed E-state index contributed by atoms with van der Waals surface area (Å²) in [6.45, 7) is 4.54. The second kappa shape index (κ2) is 4.24. The summed E-state index contributed by atoms with van der Waals surface area (Å²) >= 11 is 0. The van der Waals surface area contributed by atoms with Crippen LogP contribution in [0, 0.1) is 12.7 Å². The normalized spacial score (nSPS) is 21.3. The van der Waals surface area contributed by atoms with Crippen molar-refractivity contribution in [2.75, 3.05) is 11.4 Å². The first-order valence-corrected chi connectivity index (χ1v) is 5.62. The minimum absolute atomic E-state index is 0.0950. The summed E-state index contributed by atoms with van der Waals surface area (Å²) in [6.07, 6.45) is 1.05. The smallest absolute Gasteiger partial charge is 0.146 e. The molecule has 1 atom stereocenters. The SMILES string of the molecule is Cc1ccc(F)c(N2CCC(=O)CC2C)c1. The summed E-state index contributed by atoms with van der Waals surface area (Å²) in [5.41, 5.74) is 1.67. The van der Waals surface area contributed by atoms with Gasteiger partial charge in [0.2, 0.25) is 0 Å². The number of hydrogen-bond donors (Lipinski definition) is 0. The number of carbonyl (C=O) groups excluding carboxylic acids is 1. The summed E-state index contributed by atoms with van der Waals surface area (Å²) in [7, 11) is 0. The molecule has 1 saturated heterocycles. The summed E-state index contributed by atoms with van der Waals surface area (Å²) < 4.78 is 13.7. The van der Waals surface area contributed by atoms with E-state index in [4.69, 9.17) is 0 Å². The van der Waals surface area contributed by atoms with E-state index in [1.54, 1.807) is 6.07 Å². The molecule has 0 aromatic heterocycles. The average molecular weight is 221 g/mol. The number of piperidine rings is 1. The Bertz CT molecular complexity index is 416. The Morgan fingerprint density at radius 3 is 2.88 bits per heavy atom. The van der Waals surface area contributed by atoms with Crippen LogP contribution in [0.1, 0.15) is 25.3 Å². The molecule has 0 spiro atoms. The zero-order valence-corrected chi connectivity index (χ0v) is 9.66. The monoisotopic (exact) mass is 221 g/mol. The third-order valence-corrected chi connectivity index (χ3v) is 3.10. The number of benzene rings is 1. The minimum Gasteiger partial charge on any atom is -0.366 e. The van der Waals surface area contributed by atoms with Gasteiger partial charge in [0.1, 0.15) is 11.6 Å². The van der Waals surface area contributed by atoms with Crippen LogP contribution in [0.25, 0.3) is 0 Å². The van der Waals surface area contributed by atoms with Crippen LogP contribution in [-0.2, 0) is 4.79 Å². The van der Waals surface area contributed by atoms with Gasteiger partial charge in [0, 0.05) is 25.4 Å². The topological polar surface area (TPSA) is 20.3 Å². The molecule has 3 heteroatoms. The minimum atomic E-state index is -0.202. The van der Waals surface area contributed by atoms with Crippen LogP contribution >= 0.6 is 0 Å². The van der Waals surface area contributed by atoms with Crippen molar-refractivity contribution in [3.05, 3.63) is 29.6 Å². The Balaban J connectivity index is 2.29. The number of hydrogen-bond acceptors (Lipinski definition) is 2. The molecule has 0 saturated carbocycles. The van der Waals surface area contributed by atoms with Gasteiger partial charge in [-0.2, -0.15) is 0 Å². The fourth-order valence-electron chi connectivity index (χ4n) is 2.21. The molecule has 1 aromatic rings. The Labute approximate surface area is 95.1 Å². The third kappa shape index (κ3) is 2.08. The summed E-state index contributed by atoms with van der Waals surface area (Å²) in [5, 5.41) is 0. The first-order valence-electron chi connectivity index (χ1n) is 5.62. The van der Waals surface area contributed by atoms with E-state index in [9.17, 15) is 9.18 Å². The van der Waals surface area contributed by atoms with E-state index in [0.717, 1.165) is 5.56 Å². The van der Waals surface area contributed by atoms with Gasteiger partial charge in [0.25, 0.3) is 0 Å². The predicted molar refractivity (Wildman–Crippen MR) is 62.2 cm³/mol. The van der Waals surface area contributed by atoms with Gasteiger partial charge in [0.05, 0.1) is 5.69 Å². The van der Waals surface area contributed by atoms with Gasteiger partial charge >= 0.3 is 0 Å². The highest BCUT2D eigenvalue weighted by Gasteiger charge is 2.25. The van der Waals surface area contributed by atoms with Crippen LogP contribution in [0.2, 0.25) is 0 Å². The van der Waals surface area contributed by atoms with Gasteiger partial charge in [-0.1, -0.05) is 6.07 Å². The van der Waals surface area contributed by atoms with E-state index in [2.05, 4.69) is 0 Å². The molecule has 0 N–H and O–H groups in total. The van der Waals surface area contributed by atoms with Crippen LogP contribution in [0.5, 0.6) is 0 Å². The van der Waals surface area contributed by atoms with Crippen molar-refractivity contribution < 1.29 is 9.18 Å². The van der Waals surface area contributed by atoms with Gasteiger partial charge in [-0.05, 0) is 31.5 Å². The summed E-state index contributed by atoms with van der Waals surface area (Å²) in [6, 6.07) is 5.20. The molecule has 0 aliphatic carbocycles. The fourth-order valence-corrected chi connectivity index (χ4v) is 2.21. The molecule has 0 radical (unpaired) electrons. The zero-order valence-electron chi connectivity index (χ0n) is 9.66. The Hall–Kier alpha value is -1.38. The standard InChI is InChI=1S/C13H16FNO/c1-9-3-4-12(14)13(7-9)15-6-5-11(16)8-10(15)2/h3-4,7,10H,5-6,8H2,1-2H3. The van der Waals surface area contributed by atoms with Crippen molar-refractivity contribution in [1.82, 2.24) is 0 Å². The molecule has 1 heterocycles. The predicted octanol–water partition coefficient (Wildman–Crippen LogP) is 2.69. The Morgan fingerprint density at radius 1 is 1.44 bits per heavy atom. The Morgan fingerprint density at radius 2 is 2.19 bits per heavy atom. The largest absolute Gasteiger partial charge is 0.366 e. The number of halogens is 1. The molecule has 1 fully saturated rings. The molecule has 0 amide bonds. The summed E-state index contributed by atoms with van der Waals surface area (Å²) in [5.74, 6) is 0.0728. The number of aryl methyl sites for hydroxylation is 1. The fraction of sp³-hybridized carbons (Fsp3) is 0.462. The van der Waals surface area contributed by atoms with Crippen molar-refractivity contribution in [3.8, 4) is 0 Å². The van der Waals surface area contributed by atoms with Crippen molar-refractivity contribution in [2.45, 2.75) is 32.7 Å². The molecule has 1 aromatic carbocycles. The van der Waals surface area contributed by atoms with Crippen molar-refractivity contribution in [3.63, 3.8) is 0 Å². The third-order valence-electron chi connectivity index (χ3n) is 3.10. The van der Waals surface area contributed by atoms with Gasteiger partial charge in [-0.15, -0.1) is 0 Å². The van der Waals surface area contributed by atoms with Gasteiger partial charge in [-0.25, -0.2) is 4.39 Å². The molecule has 1 unspecified atom stereocenters. The van der Waals surface area contributed by atoms with Gasteiger partial charge in [0.15, 0.2) is 0 Å². The second-order valence-corrected chi connectivity index (χ2v) is 4.49. The maximum atomic E-state index is 13.7. The van der Waals surface area contributed by atoms with Gasteiger partial charge in [-0.3, -0.25) is 4.79 Å². The molecule has 2 nitrogen and oxygen atoms in total. The number of nitrogens with zero attached hydrogens (tertiary/aromatic N) is 1. The molecule has 86 valence electrons.